The first kappa shape index (κ1) is 22.3. The number of carbonyl (C=O) groups is 1. The van der Waals surface area contributed by atoms with Crippen molar-refractivity contribution in [3.05, 3.63) is 35.0 Å². The Balaban J connectivity index is 1.46. The highest BCUT2D eigenvalue weighted by atomic mass is 35.5. The minimum absolute atomic E-state index is 0.125. The number of piperidine rings is 1. The molecule has 2 aliphatic heterocycles. The van der Waals surface area contributed by atoms with Crippen LogP contribution in [-0.2, 0) is 9.53 Å². The average Bonchev–Trinajstić information content (AvgIpc) is 2.66. The van der Waals surface area contributed by atoms with Gasteiger partial charge >= 0.3 is 6.18 Å². The van der Waals surface area contributed by atoms with Crippen LogP contribution in [0.3, 0.4) is 0 Å². The highest BCUT2D eigenvalue weighted by Crippen LogP contribution is 2.36. The lowest BCUT2D eigenvalue weighted by Gasteiger charge is -2.41. The number of halogens is 4. The standard InChI is InChI=1S/C21H23ClF3N3O3/c22-17-6-14-9-26-19(27-20(30)8-18(29)21(23,24)25)7-13(14)5-16(17)12-1-3-28(4-2-12)15-10-31-11-15/h5-7,9,12,15,18,29H,1-4,8,10-11H2,(H,26,27,30)/t18-/m1/s1. The zero-order valence-corrected chi connectivity index (χ0v) is 17.4. The van der Waals surface area contributed by atoms with Gasteiger partial charge in [-0.25, -0.2) is 4.98 Å². The minimum atomic E-state index is -4.85. The molecule has 0 bridgehead atoms. The van der Waals surface area contributed by atoms with Gasteiger partial charge in [-0.3, -0.25) is 9.69 Å². The number of likely N-dealkylation sites (tertiary alicyclic amines) is 1. The number of hydrogen-bond acceptors (Lipinski definition) is 5. The smallest absolute Gasteiger partial charge is 0.383 e. The molecule has 10 heteroatoms. The van der Waals surface area contributed by atoms with Crippen molar-refractivity contribution in [1.29, 1.82) is 0 Å². The van der Waals surface area contributed by atoms with Gasteiger partial charge in [0.2, 0.25) is 5.91 Å². The second-order valence-electron chi connectivity index (χ2n) is 8.10. The third-order valence-electron chi connectivity index (χ3n) is 5.97. The van der Waals surface area contributed by atoms with E-state index < -0.39 is 24.6 Å². The molecule has 6 nitrogen and oxygen atoms in total. The van der Waals surface area contributed by atoms with E-state index in [2.05, 4.69) is 15.2 Å². The van der Waals surface area contributed by atoms with Crippen molar-refractivity contribution in [2.24, 2.45) is 0 Å². The van der Waals surface area contributed by atoms with Gasteiger partial charge in [-0.05, 0) is 61.0 Å². The Kier molecular flexibility index (Phi) is 6.39. The number of aromatic nitrogens is 1. The monoisotopic (exact) mass is 457 g/mol. The number of rotatable bonds is 5. The normalized spacial score (nSPS) is 19.9. The molecule has 0 spiro atoms. The van der Waals surface area contributed by atoms with Gasteiger partial charge in [0.1, 0.15) is 5.82 Å². The Hall–Kier alpha value is -1.94. The van der Waals surface area contributed by atoms with Crippen LogP contribution in [0, 0.1) is 0 Å². The molecule has 0 radical (unpaired) electrons. The first-order valence-corrected chi connectivity index (χ1v) is 10.5. The topological polar surface area (TPSA) is 74.7 Å². The summed E-state index contributed by atoms with van der Waals surface area (Å²) in [4.78, 5) is 18.4. The molecule has 2 saturated heterocycles. The van der Waals surface area contributed by atoms with Crippen LogP contribution in [0.4, 0.5) is 19.0 Å². The first-order valence-electron chi connectivity index (χ1n) is 10.2. The van der Waals surface area contributed by atoms with Crippen LogP contribution in [0.2, 0.25) is 5.02 Å². The van der Waals surface area contributed by atoms with E-state index in [4.69, 9.17) is 21.4 Å². The van der Waals surface area contributed by atoms with Gasteiger partial charge in [0, 0.05) is 16.6 Å². The molecular formula is C21H23ClF3N3O3. The van der Waals surface area contributed by atoms with E-state index in [0.717, 1.165) is 55.5 Å². The van der Waals surface area contributed by atoms with Crippen LogP contribution in [0.1, 0.15) is 30.7 Å². The lowest BCUT2D eigenvalue weighted by Crippen LogP contribution is -2.51. The highest BCUT2D eigenvalue weighted by Gasteiger charge is 2.39. The number of carbonyl (C=O) groups excluding carboxylic acids is 1. The van der Waals surface area contributed by atoms with E-state index in [1.807, 2.05) is 12.1 Å². The molecule has 1 amide bonds. The Morgan fingerprint density at radius 3 is 2.58 bits per heavy atom. The van der Waals surface area contributed by atoms with Crippen molar-refractivity contribution in [1.82, 2.24) is 9.88 Å². The van der Waals surface area contributed by atoms with Gasteiger partial charge in [0.15, 0.2) is 6.10 Å². The predicted molar refractivity (Wildman–Crippen MR) is 110 cm³/mol. The van der Waals surface area contributed by atoms with Crippen LogP contribution in [-0.4, -0.2) is 65.5 Å². The maximum absolute atomic E-state index is 12.4. The Morgan fingerprint density at radius 1 is 1.26 bits per heavy atom. The van der Waals surface area contributed by atoms with E-state index in [9.17, 15) is 18.0 Å². The zero-order chi connectivity index (χ0) is 22.2. The van der Waals surface area contributed by atoms with Crippen LogP contribution < -0.4 is 5.32 Å². The molecule has 3 heterocycles. The molecule has 4 rings (SSSR count). The van der Waals surface area contributed by atoms with E-state index >= 15 is 0 Å². The van der Waals surface area contributed by atoms with E-state index in [0.29, 0.717) is 17.0 Å². The summed E-state index contributed by atoms with van der Waals surface area (Å²) in [5, 5.41) is 13.6. The fraction of sp³-hybridized carbons (Fsp3) is 0.524. The summed E-state index contributed by atoms with van der Waals surface area (Å²) in [5.74, 6) is -0.527. The summed E-state index contributed by atoms with van der Waals surface area (Å²) in [7, 11) is 0. The number of anilines is 1. The number of alkyl halides is 3. The molecule has 0 saturated carbocycles. The molecule has 2 aliphatic rings. The molecule has 1 atom stereocenters. The van der Waals surface area contributed by atoms with Crippen LogP contribution >= 0.6 is 11.6 Å². The van der Waals surface area contributed by atoms with Crippen molar-refractivity contribution < 1.29 is 27.8 Å². The zero-order valence-electron chi connectivity index (χ0n) is 16.7. The van der Waals surface area contributed by atoms with Gasteiger partial charge in [-0.15, -0.1) is 0 Å². The van der Waals surface area contributed by atoms with E-state index in [1.54, 1.807) is 6.07 Å². The summed E-state index contributed by atoms with van der Waals surface area (Å²) >= 11 is 6.53. The van der Waals surface area contributed by atoms with Gasteiger partial charge < -0.3 is 15.2 Å². The Bertz CT molecular complexity index is 960. The molecule has 1 aromatic heterocycles. The number of amides is 1. The molecule has 0 unspecified atom stereocenters. The number of aliphatic hydroxyl groups excluding tert-OH is 1. The molecule has 1 aromatic carbocycles. The molecule has 2 fully saturated rings. The lowest BCUT2D eigenvalue weighted by molar-refractivity contribution is -0.205. The molecule has 2 aromatic rings. The maximum atomic E-state index is 12.4. The number of fused-ring (bicyclic) bond motifs is 1. The summed E-state index contributed by atoms with van der Waals surface area (Å²) in [6.45, 7) is 3.55. The quantitative estimate of drug-likeness (QED) is 0.716. The van der Waals surface area contributed by atoms with E-state index in [-0.39, 0.29) is 5.82 Å². The van der Waals surface area contributed by atoms with Crippen molar-refractivity contribution in [2.45, 2.75) is 43.5 Å². The van der Waals surface area contributed by atoms with Crippen molar-refractivity contribution >= 4 is 34.1 Å². The van der Waals surface area contributed by atoms with Gasteiger partial charge in [-0.1, -0.05) is 11.6 Å². The predicted octanol–water partition coefficient (Wildman–Crippen LogP) is 3.72. The van der Waals surface area contributed by atoms with Crippen molar-refractivity contribution in [3.63, 3.8) is 0 Å². The Morgan fingerprint density at radius 2 is 1.97 bits per heavy atom. The van der Waals surface area contributed by atoms with Gasteiger partial charge in [0.25, 0.3) is 0 Å². The number of ether oxygens (including phenoxy) is 1. The van der Waals surface area contributed by atoms with Crippen molar-refractivity contribution in [2.75, 3.05) is 31.6 Å². The fourth-order valence-corrected chi connectivity index (χ4v) is 4.39. The second-order valence-corrected chi connectivity index (χ2v) is 8.51. The number of hydrogen-bond donors (Lipinski definition) is 2. The number of nitrogens with zero attached hydrogens (tertiary/aromatic N) is 2. The largest absolute Gasteiger partial charge is 0.414 e. The summed E-state index contributed by atoms with van der Waals surface area (Å²) in [5.41, 5.74) is 1.02. The number of nitrogens with one attached hydrogen (secondary N) is 1. The third kappa shape index (κ3) is 5.11. The molecule has 0 aliphatic carbocycles. The summed E-state index contributed by atoms with van der Waals surface area (Å²) < 4.78 is 42.6. The Labute approximate surface area is 182 Å². The SMILES string of the molecule is O=C(C[C@@H](O)C(F)(F)F)Nc1cc2cc(C3CCN(C4COC4)CC3)c(Cl)cc2cn1. The highest BCUT2D eigenvalue weighted by molar-refractivity contribution is 6.32. The number of pyridine rings is 1. The first-order chi connectivity index (χ1) is 14.7. The van der Waals surface area contributed by atoms with Gasteiger partial charge in [0.05, 0.1) is 25.7 Å². The maximum Gasteiger partial charge on any atom is 0.414 e. The van der Waals surface area contributed by atoms with Crippen LogP contribution in [0.5, 0.6) is 0 Å². The van der Waals surface area contributed by atoms with E-state index in [1.165, 1.54) is 6.20 Å². The molecule has 31 heavy (non-hydrogen) atoms. The summed E-state index contributed by atoms with van der Waals surface area (Å²) in [6.07, 6.45) is -5.17. The third-order valence-corrected chi connectivity index (χ3v) is 6.29. The van der Waals surface area contributed by atoms with Gasteiger partial charge in [-0.2, -0.15) is 13.2 Å². The second kappa shape index (κ2) is 8.90. The summed E-state index contributed by atoms with van der Waals surface area (Å²) in [6, 6.07) is 5.91. The van der Waals surface area contributed by atoms with Crippen LogP contribution in [0.15, 0.2) is 24.4 Å². The molecule has 168 valence electrons. The fourth-order valence-electron chi connectivity index (χ4n) is 4.06. The average molecular weight is 458 g/mol. The lowest BCUT2D eigenvalue weighted by atomic mass is 9.87. The molecular weight excluding hydrogens is 435 g/mol. The minimum Gasteiger partial charge on any atom is -0.383 e. The van der Waals surface area contributed by atoms with Crippen LogP contribution in [0.25, 0.3) is 10.8 Å². The van der Waals surface area contributed by atoms with Crippen molar-refractivity contribution in [3.8, 4) is 0 Å². The number of benzene rings is 1. The molecule has 2 N–H and O–H groups in total. The number of aliphatic hydroxyl groups is 1.